The van der Waals surface area contributed by atoms with E-state index < -0.39 is 0 Å². The Labute approximate surface area is 165 Å². The average Bonchev–Trinajstić information content (AvgIpc) is 3.32. The van der Waals surface area contributed by atoms with Gasteiger partial charge in [-0.25, -0.2) is 0 Å². The third-order valence-electron chi connectivity index (χ3n) is 4.74. The van der Waals surface area contributed by atoms with E-state index in [4.69, 9.17) is 0 Å². The van der Waals surface area contributed by atoms with E-state index in [2.05, 4.69) is 19.2 Å². The molecule has 1 aromatic heterocycles. The Kier molecular flexibility index (Phi) is 5.85. The molecular weight excluding hydrogens is 358 g/mol. The molecule has 1 N–H and O–H groups in total. The molecule has 0 aliphatic heterocycles. The summed E-state index contributed by atoms with van der Waals surface area (Å²) in [4.78, 5) is 29.7. The van der Waals surface area contributed by atoms with Crippen molar-refractivity contribution in [2.75, 3.05) is 24.3 Å². The lowest BCUT2D eigenvalue weighted by molar-refractivity contribution is -0.134. The predicted molar refractivity (Wildman–Crippen MR) is 111 cm³/mol. The molecule has 6 heteroatoms. The standard InChI is InChI=1S/C21H27N3O2S/c1-14(2)24(21(26)15-7-8-15)13-16-12-17(9-10-18(16)23(3)4)22-20(25)19-6-5-11-27-19/h5-6,9-12,14-15H,7-8,13H2,1-4H3,(H,22,25). The summed E-state index contributed by atoms with van der Waals surface area (Å²) >= 11 is 1.42. The van der Waals surface area contributed by atoms with Crippen molar-refractivity contribution in [3.63, 3.8) is 0 Å². The maximum absolute atomic E-state index is 12.7. The quantitative estimate of drug-likeness (QED) is 0.777. The number of carbonyl (C=O) groups excluding carboxylic acids is 2. The number of amides is 2. The molecule has 0 unspecified atom stereocenters. The lowest BCUT2D eigenvalue weighted by atomic mass is 10.1. The Morgan fingerprint density at radius 1 is 1.22 bits per heavy atom. The number of anilines is 2. The van der Waals surface area contributed by atoms with Gasteiger partial charge in [0.25, 0.3) is 5.91 Å². The van der Waals surface area contributed by atoms with E-state index in [1.807, 2.05) is 59.6 Å². The topological polar surface area (TPSA) is 52.7 Å². The average molecular weight is 386 g/mol. The van der Waals surface area contributed by atoms with Crippen LogP contribution in [0.5, 0.6) is 0 Å². The molecular formula is C21H27N3O2S. The minimum absolute atomic E-state index is 0.108. The SMILES string of the molecule is CC(C)N(Cc1cc(NC(=O)c2cccs2)ccc1N(C)C)C(=O)C1CC1. The number of thiophene rings is 1. The van der Waals surface area contributed by atoms with Crippen molar-refractivity contribution in [2.45, 2.75) is 39.3 Å². The van der Waals surface area contributed by atoms with Crippen molar-refractivity contribution in [3.8, 4) is 0 Å². The Balaban J connectivity index is 1.84. The van der Waals surface area contributed by atoms with Crippen LogP contribution >= 0.6 is 11.3 Å². The Morgan fingerprint density at radius 2 is 1.96 bits per heavy atom. The number of hydrogen-bond donors (Lipinski definition) is 1. The van der Waals surface area contributed by atoms with Crippen molar-refractivity contribution < 1.29 is 9.59 Å². The van der Waals surface area contributed by atoms with Gasteiger partial charge >= 0.3 is 0 Å². The molecule has 27 heavy (non-hydrogen) atoms. The van der Waals surface area contributed by atoms with Gasteiger partial charge in [0.05, 0.1) is 4.88 Å². The highest BCUT2D eigenvalue weighted by Crippen LogP contribution is 2.33. The van der Waals surface area contributed by atoms with Crippen molar-refractivity contribution in [3.05, 3.63) is 46.2 Å². The Hall–Kier alpha value is -2.34. The maximum atomic E-state index is 12.7. The predicted octanol–water partition coefficient (Wildman–Crippen LogP) is 4.21. The summed E-state index contributed by atoms with van der Waals surface area (Å²) in [6.45, 7) is 4.65. The number of rotatable bonds is 7. The van der Waals surface area contributed by atoms with E-state index >= 15 is 0 Å². The van der Waals surface area contributed by atoms with Crippen LogP contribution in [0.3, 0.4) is 0 Å². The zero-order chi connectivity index (χ0) is 19.6. The van der Waals surface area contributed by atoms with E-state index in [1.165, 1.54) is 11.3 Å². The summed E-state index contributed by atoms with van der Waals surface area (Å²) in [5, 5.41) is 4.86. The van der Waals surface area contributed by atoms with Crippen molar-refractivity contribution in [1.29, 1.82) is 0 Å². The van der Waals surface area contributed by atoms with E-state index in [9.17, 15) is 9.59 Å². The summed E-state index contributed by atoms with van der Waals surface area (Å²) in [6, 6.07) is 9.70. The van der Waals surface area contributed by atoms with Crippen LogP contribution in [-0.4, -0.2) is 36.9 Å². The minimum Gasteiger partial charge on any atom is -0.377 e. The molecule has 5 nitrogen and oxygen atoms in total. The molecule has 1 heterocycles. The zero-order valence-electron chi connectivity index (χ0n) is 16.4. The van der Waals surface area contributed by atoms with Gasteiger partial charge in [0.15, 0.2) is 0 Å². The van der Waals surface area contributed by atoms with Crippen LogP contribution in [0.1, 0.15) is 41.9 Å². The Bertz CT molecular complexity index is 811. The minimum atomic E-state index is -0.108. The molecule has 3 rings (SSSR count). The number of nitrogens with zero attached hydrogens (tertiary/aromatic N) is 2. The molecule has 0 atom stereocenters. The molecule has 144 valence electrons. The fraction of sp³-hybridized carbons (Fsp3) is 0.429. The second-order valence-electron chi connectivity index (χ2n) is 7.50. The number of benzene rings is 1. The molecule has 2 amide bonds. The summed E-state index contributed by atoms with van der Waals surface area (Å²) in [7, 11) is 3.98. The van der Waals surface area contributed by atoms with Crippen LogP contribution < -0.4 is 10.2 Å². The van der Waals surface area contributed by atoms with Crippen LogP contribution in [-0.2, 0) is 11.3 Å². The summed E-state index contributed by atoms with van der Waals surface area (Å²) in [5.41, 5.74) is 2.83. The van der Waals surface area contributed by atoms with Gasteiger partial charge in [-0.2, -0.15) is 0 Å². The van der Waals surface area contributed by atoms with E-state index in [-0.39, 0.29) is 23.8 Å². The second-order valence-corrected chi connectivity index (χ2v) is 8.45. The van der Waals surface area contributed by atoms with Crippen LogP contribution in [0.4, 0.5) is 11.4 Å². The third-order valence-corrected chi connectivity index (χ3v) is 5.61. The molecule has 0 saturated heterocycles. The van der Waals surface area contributed by atoms with Gasteiger partial charge in [0.2, 0.25) is 5.91 Å². The largest absolute Gasteiger partial charge is 0.377 e. The molecule has 0 spiro atoms. The monoisotopic (exact) mass is 385 g/mol. The van der Waals surface area contributed by atoms with Gasteiger partial charge in [0.1, 0.15) is 0 Å². The number of hydrogen-bond acceptors (Lipinski definition) is 4. The van der Waals surface area contributed by atoms with E-state index in [0.29, 0.717) is 11.4 Å². The van der Waals surface area contributed by atoms with Crippen LogP contribution in [0.15, 0.2) is 35.7 Å². The van der Waals surface area contributed by atoms with Gasteiger partial charge < -0.3 is 15.1 Å². The lowest BCUT2D eigenvalue weighted by Gasteiger charge is -2.29. The summed E-state index contributed by atoms with van der Waals surface area (Å²) in [5.74, 6) is 0.322. The van der Waals surface area contributed by atoms with Gasteiger partial charge in [0, 0.05) is 44.0 Å². The first-order valence-electron chi connectivity index (χ1n) is 9.32. The molecule has 1 aromatic carbocycles. The molecule has 1 saturated carbocycles. The van der Waals surface area contributed by atoms with Crippen molar-refractivity contribution in [2.24, 2.45) is 5.92 Å². The van der Waals surface area contributed by atoms with Crippen LogP contribution in [0, 0.1) is 5.92 Å². The fourth-order valence-electron chi connectivity index (χ4n) is 3.09. The van der Waals surface area contributed by atoms with E-state index in [1.54, 1.807) is 0 Å². The first-order valence-corrected chi connectivity index (χ1v) is 10.2. The molecule has 1 aliphatic carbocycles. The highest BCUT2D eigenvalue weighted by atomic mass is 32.1. The van der Waals surface area contributed by atoms with Gasteiger partial charge in [-0.05, 0) is 61.9 Å². The van der Waals surface area contributed by atoms with Crippen molar-refractivity contribution in [1.82, 2.24) is 4.90 Å². The number of carbonyl (C=O) groups is 2. The first-order chi connectivity index (χ1) is 12.9. The van der Waals surface area contributed by atoms with Gasteiger partial charge in [-0.3, -0.25) is 9.59 Å². The Morgan fingerprint density at radius 3 is 2.52 bits per heavy atom. The van der Waals surface area contributed by atoms with Crippen LogP contribution in [0.25, 0.3) is 0 Å². The number of nitrogens with one attached hydrogen (secondary N) is 1. The second kappa shape index (κ2) is 8.13. The van der Waals surface area contributed by atoms with Crippen LogP contribution in [0.2, 0.25) is 0 Å². The summed E-state index contributed by atoms with van der Waals surface area (Å²) in [6.07, 6.45) is 2.00. The molecule has 2 aromatic rings. The maximum Gasteiger partial charge on any atom is 0.265 e. The first kappa shape index (κ1) is 19.4. The molecule has 1 fully saturated rings. The smallest absolute Gasteiger partial charge is 0.265 e. The lowest BCUT2D eigenvalue weighted by Crippen LogP contribution is -2.37. The normalized spacial score (nSPS) is 13.5. The van der Waals surface area contributed by atoms with Gasteiger partial charge in [-0.15, -0.1) is 11.3 Å². The highest BCUT2D eigenvalue weighted by molar-refractivity contribution is 7.12. The fourth-order valence-corrected chi connectivity index (χ4v) is 3.71. The molecule has 1 aliphatic rings. The van der Waals surface area contributed by atoms with Gasteiger partial charge in [-0.1, -0.05) is 6.07 Å². The zero-order valence-corrected chi connectivity index (χ0v) is 17.2. The molecule has 0 bridgehead atoms. The van der Waals surface area contributed by atoms with Crippen molar-refractivity contribution >= 4 is 34.5 Å². The highest BCUT2D eigenvalue weighted by Gasteiger charge is 2.34. The summed E-state index contributed by atoms with van der Waals surface area (Å²) < 4.78 is 0. The molecule has 0 radical (unpaired) electrons. The van der Waals surface area contributed by atoms with E-state index in [0.717, 1.165) is 29.8 Å². The third kappa shape index (κ3) is 4.69.